The minimum Gasteiger partial charge on any atom is -0.380 e. The number of methoxy groups -OCH3 is 1. The topological polar surface area (TPSA) is 24.5 Å². The van der Waals surface area contributed by atoms with E-state index in [1.165, 1.54) is 56.4 Å². The molecule has 2 rings (SSSR count). The molecule has 118 valence electrons. The van der Waals surface area contributed by atoms with E-state index >= 15 is 0 Å². The van der Waals surface area contributed by atoms with Crippen LogP contribution in [-0.2, 0) is 17.9 Å². The molecule has 1 aliphatic heterocycles. The van der Waals surface area contributed by atoms with Crippen molar-refractivity contribution in [2.24, 2.45) is 0 Å². The molecule has 1 unspecified atom stereocenters. The highest BCUT2D eigenvalue weighted by molar-refractivity contribution is 5.23. The summed E-state index contributed by atoms with van der Waals surface area (Å²) in [6.45, 7) is 7.58. The zero-order chi connectivity index (χ0) is 14.9. The van der Waals surface area contributed by atoms with Crippen LogP contribution in [-0.4, -0.2) is 37.7 Å². The molecule has 1 fully saturated rings. The fourth-order valence-corrected chi connectivity index (χ4v) is 3.08. The molecule has 1 saturated heterocycles. The zero-order valence-electron chi connectivity index (χ0n) is 13.6. The van der Waals surface area contributed by atoms with Gasteiger partial charge in [-0.2, -0.15) is 0 Å². The van der Waals surface area contributed by atoms with Crippen LogP contribution >= 0.6 is 0 Å². The normalized spacial score (nSPS) is 18.5. The first-order valence-electron chi connectivity index (χ1n) is 8.34. The predicted molar refractivity (Wildman–Crippen MR) is 88.4 cm³/mol. The van der Waals surface area contributed by atoms with Crippen LogP contribution in [0.5, 0.6) is 0 Å². The Morgan fingerprint density at radius 2 is 2.19 bits per heavy atom. The molecule has 1 aliphatic rings. The summed E-state index contributed by atoms with van der Waals surface area (Å²) in [6, 6.07) is 9.49. The van der Waals surface area contributed by atoms with Gasteiger partial charge in [0.2, 0.25) is 0 Å². The van der Waals surface area contributed by atoms with Crippen LogP contribution < -0.4 is 5.32 Å². The predicted octanol–water partition coefficient (Wildman–Crippen LogP) is 3.19. The lowest BCUT2D eigenvalue weighted by Gasteiger charge is -2.26. The Morgan fingerprint density at radius 3 is 2.90 bits per heavy atom. The average Bonchev–Trinajstić information content (AvgIpc) is 2.98. The molecule has 21 heavy (non-hydrogen) atoms. The smallest absolute Gasteiger partial charge is 0.0713 e. The minimum atomic E-state index is 0.684. The van der Waals surface area contributed by atoms with Crippen molar-refractivity contribution >= 4 is 0 Å². The third kappa shape index (κ3) is 5.77. The van der Waals surface area contributed by atoms with Gasteiger partial charge in [-0.3, -0.25) is 4.90 Å². The first-order valence-corrected chi connectivity index (χ1v) is 8.34. The number of hydrogen-bond donors (Lipinski definition) is 1. The second-order valence-corrected chi connectivity index (χ2v) is 6.13. The van der Waals surface area contributed by atoms with Crippen LogP contribution in [0.15, 0.2) is 24.3 Å². The van der Waals surface area contributed by atoms with E-state index in [0.29, 0.717) is 12.6 Å². The highest BCUT2D eigenvalue weighted by atomic mass is 16.5. The van der Waals surface area contributed by atoms with Crippen molar-refractivity contribution in [1.82, 2.24) is 10.2 Å². The van der Waals surface area contributed by atoms with Crippen molar-refractivity contribution < 1.29 is 4.74 Å². The molecule has 0 spiro atoms. The van der Waals surface area contributed by atoms with Crippen LogP contribution in [0.1, 0.15) is 43.7 Å². The number of unbranched alkanes of at least 4 members (excludes halogenated alkanes) is 1. The first-order chi connectivity index (χ1) is 10.3. The molecule has 3 nitrogen and oxygen atoms in total. The summed E-state index contributed by atoms with van der Waals surface area (Å²) < 4.78 is 5.24. The molecular weight excluding hydrogens is 260 g/mol. The van der Waals surface area contributed by atoms with Crippen molar-refractivity contribution in [3.63, 3.8) is 0 Å². The number of ether oxygens (including phenoxy) is 1. The molecule has 0 bridgehead atoms. The van der Waals surface area contributed by atoms with Gasteiger partial charge >= 0.3 is 0 Å². The second-order valence-electron chi connectivity index (χ2n) is 6.13. The van der Waals surface area contributed by atoms with Crippen molar-refractivity contribution in [2.75, 3.05) is 26.7 Å². The SMILES string of the molecule is CCCCN(Cc1cccc(COC)c1)CC1CCCN1. The molecule has 1 aromatic carbocycles. The van der Waals surface area contributed by atoms with Gasteiger partial charge in [0.15, 0.2) is 0 Å². The molecule has 1 heterocycles. The molecule has 0 amide bonds. The molecule has 0 aromatic heterocycles. The third-order valence-electron chi connectivity index (χ3n) is 4.18. The van der Waals surface area contributed by atoms with E-state index in [2.05, 4.69) is 41.4 Å². The first kappa shape index (κ1) is 16.5. The highest BCUT2D eigenvalue weighted by Crippen LogP contribution is 2.13. The third-order valence-corrected chi connectivity index (χ3v) is 4.18. The summed E-state index contributed by atoms with van der Waals surface area (Å²) in [7, 11) is 1.76. The summed E-state index contributed by atoms with van der Waals surface area (Å²) in [6.07, 6.45) is 5.20. The van der Waals surface area contributed by atoms with E-state index < -0.39 is 0 Å². The monoisotopic (exact) mass is 290 g/mol. The molecular formula is C18H30N2O. The largest absolute Gasteiger partial charge is 0.380 e. The van der Waals surface area contributed by atoms with Crippen LogP contribution in [0.25, 0.3) is 0 Å². The van der Waals surface area contributed by atoms with Gasteiger partial charge in [-0.15, -0.1) is 0 Å². The molecule has 0 radical (unpaired) electrons. The van der Waals surface area contributed by atoms with Gasteiger partial charge in [-0.25, -0.2) is 0 Å². The van der Waals surface area contributed by atoms with E-state index in [-0.39, 0.29) is 0 Å². The van der Waals surface area contributed by atoms with E-state index in [0.717, 1.165) is 6.54 Å². The molecule has 1 aromatic rings. The van der Waals surface area contributed by atoms with Gasteiger partial charge in [0.05, 0.1) is 6.61 Å². The Bertz CT molecular complexity index is 402. The van der Waals surface area contributed by atoms with Crippen molar-refractivity contribution in [2.45, 2.75) is 51.8 Å². The maximum Gasteiger partial charge on any atom is 0.0713 e. The van der Waals surface area contributed by atoms with Gasteiger partial charge in [-0.05, 0) is 43.5 Å². The number of nitrogens with zero attached hydrogens (tertiary/aromatic N) is 1. The Kier molecular flexibility index (Phi) is 7.20. The minimum absolute atomic E-state index is 0.684. The van der Waals surface area contributed by atoms with E-state index in [4.69, 9.17) is 4.74 Å². The van der Waals surface area contributed by atoms with Crippen LogP contribution in [0.2, 0.25) is 0 Å². The molecule has 1 atom stereocenters. The quantitative estimate of drug-likeness (QED) is 0.756. The fourth-order valence-electron chi connectivity index (χ4n) is 3.08. The van der Waals surface area contributed by atoms with Crippen LogP contribution in [0, 0.1) is 0 Å². The summed E-state index contributed by atoms with van der Waals surface area (Å²) in [5.41, 5.74) is 2.67. The standard InChI is InChI=1S/C18H30N2O/c1-3-4-11-20(14-18-9-6-10-19-18)13-16-7-5-8-17(12-16)15-21-2/h5,7-8,12,18-19H,3-4,6,9-11,13-15H2,1-2H3. The van der Waals surface area contributed by atoms with Gasteiger partial charge in [0.25, 0.3) is 0 Å². The maximum atomic E-state index is 5.24. The highest BCUT2D eigenvalue weighted by Gasteiger charge is 2.17. The van der Waals surface area contributed by atoms with Crippen LogP contribution in [0.3, 0.4) is 0 Å². The summed E-state index contributed by atoms with van der Waals surface area (Å²) in [5, 5.41) is 3.62. The van der Waals surface area contributed by atoms with E-state index in [1.807, 2.05) is 0 Å². The Hall–Kier alpha value is -0.900. The Labute approximate surface area is 129 Å². The Morgan fingerprint density at radius 1 is 1.33 bits per heavy atom. The second kappa shape index (κ2) is 9.19. The number of benzene rings is 1. The summed E-state index contributed by atoms with van der Waals surface area (Å²) in [5.74, 6) is 0. The molecule has 0 saturated carbocycles. The van der Waals surface area contributed by atoms with Gasteiger partial charge in [0, 0.05) is 26.2 Å². The lowest BCUT2D eigenvalue weighted by molar-refractivity contribution is 0.184. The van der Waals surface area contributed by atoms with Gasteiger partial charge in [-0.1, -0.05) is 37.6 Å². The number of hydrogen-bond acceptors (Lipinski definition) is 3. The van der Waals surface area contributed by atoms with E-state index in [9.17, 15) is 0 Å². The van der Waals surface area contributed by atoms with Crippen LogP contribution in [0.4, 0.5) is 0 Å². The van der Waals surface area contributed by atoms with Crippen molar-refractivity contribution in [1.29, 1.82) is 0 Å². The van der Waals surface area contributed by atoms with Crippen molar-refractivity contribution in [3.05, 3.63) is 35.4 Å². The lowest BCUT2D eigenvalue weighted by atomic mass is 10.1. The molecule has 0 aliphatic carbocycles. The van der Waals surface area contributed by atoms with Crippen molar-refractivity contribution in [3.8, 4) is 0 Å². The van der Waals surface area contributed by atoms with Gasteiger partial charge < -0.3 is 10.1 Å². The number of rotatable bonds is 9. The number of nitrogens with one attached hydrogen (secondary N) is 1. The Balaban J connectivity index is 1.93. The summed E-state index contributed by atoms with van der Waals surface area (Å²) >= 11 is 0. The maximum absolute atomic E-state index is 5.24. The molecule has 3 heteroatoms. The fraction of sp³-hybridized carbons (Fsp3) is 0.667. The zero-order valence-corrected chi connectivity index (χ0v) is 13.6. The summed E-state index contributed by atoms with van der Waals surface area (Å²) in [4.78, 5) is 2.61. The molecule has 1 N–H and O–H groups in total. The van der Waals surface area contributed by atoms with Gasteiger partial charge in [0.1, 0.15) is 0 Å². The van der Waals surface area contributed by atoms with E-state index in [1.54, 1.807) is 7.11 Å². The average molecular weight is 290 g/mol. The lowest BCUT2D eigenvalue weighted by Crippen LogP contribution is -2.37.